The number of nitrogen functional groups attached to an aromatic ring is 1. The summed E-state index contributed by atoms with van der Waals surface area (Å²) in [6, 6.07) is 1.45. The average Bonchev–Trinajstić information content (AvgIpc) is 2.27. The summed E-state index contributed by atoms with van der Waals surface area (Å²) in [6.07, 6.45) is 0.732. The third-order valence-electron chi connectivity index (χ3n) is 1.76. The summed E-state index contributed by atoms with van der Waals surface area (Å²) in [5, 5.41) is 8.93. The Balaban J connectivity index is 0. The van der Waals surface area contributed by atoms with Crippen LogP contribution in [0.3, 0.4) is 0 Å². The number of hydrogen-bond acceptors (Lipinski definition) is 6. The summed E-state index contributed by atoms with van der Waals surface area (Å²) < 4.78 is 16.1. The Kier molecular flexibility index (Phi) is 10.0. The Morgan fingerprint density at radius 3 is 2.78 bits per heavy atom. The van der Waals surface area contributed by atoms with Gasteiger partial charge in [-0.05, 0) is 0 Å². The molecule has 0 radical (unpaired) electrons. The molecule has 1 aromatic heterocycles. The molecule has 18 heavy (non-hydrogen) atoms. The maximum Gasteiger partial charge on any atom is -0.412 e. The van der Waals surface area contributed by atoms with E-state index in [1.165, 1.54) is 16.8 Å². The second-order valence-electron chi connectivity index (χ2n) is 2.89. The van der Waals surface area contributed by atoms with Gasteiger partial charge >= 0.3 is 91.2 Å². The molecule has 9 nitrogen and oxygen atoms in total. The van der Waals surface area contributed by atoms with E-state index in [4.69, 9.17) is 15.6 Å². The predicted octanol–water partition coefficient (Wildman–Crippen LogP) is -2.24. The molecule has 0 aliphatic heterocycles. The van der Waals surface area contributed by atoms with Gasteiger partial charge in [0.05, 0.1) is 0 Å². The van der Waals surface area contributed by atoms with Gasteiger partial charge in [0.1, 0.15) is 0 Å². The van der Waals surface area contributed by atoms with E-state index in [0.29, 0.717) is 0 Å². The van der Waals surface area contributed by atoms with E-state index in [1.54, 1.807) is 0 Å². The Bertz CT molecular complexity index is 513. The van der Waals surface area contributed by atoms with Crippen molar-refractivity contribution < 1.29 is 25.4 Å². The van der Waals surface area contributed by atoms with Gasteiger partial charge in [-0.1, -0.05) is 0 Å². The number of hydrogen-bond donors (Lipinski definition) is 2. The van der Waals surface area contributed by atoms with Crippen molar-refractivity contribution in [2.75, 3.05) is 12.3 Å². The molecular weight excluding hydrogens is 265 g/mol. The van der Waals surface area contributed by atoms with E-state index in [9.17, 15) is 9.36 Å². The number of rotatable bonds is 4. The van der Waals surface area contributed by atoms with Crippen LogP contribution >= 0.6 is 7.92 Å². The van der Waals surface area contributed by atoms with Crippen LogP contribution in [0, 0.1) is 5.81 Å². The van der Waals surface area contributed by atoms with E-state index in [2.05, 4.69) is 4.98 Å². The SMILES string of the molecule is Nc1ccn(C[C@@H](CO)OC#P=O)c(=O)n1.O.O. The summed E-state index contributed by atoms with van der Waals surface area (Å²) in [4.78, 5) is 14.8. The van der Waals surface area contributed by atoms with Crippen molar-refractivity contribution in [1.82, 2.24) is 9.55 Å². The van der Waals surface area contributed by atoms with Gasteiger partial charge < -0.3 is 11.0 Å². The molecule has 0 unspecified atom stereocenters. The Morgan fingerprint density at radius 2 is 2.28 bits per heavy atom. The number of nitrogens with zero attached hydrogens (tertiary/aromatic N) is 2. The van der Waals surface area contributed by atoms with Crippen LogP contribution < -0.4 is 11.4 Å². The molecule has 0 aliphatic carbocycles. The Hall–Kier alpha value is -1.47. The first-order chi connectivity index (χ1) is 7.67. The van der Waals surface area contributed by atoms with Gasteiger partial charge in [0, 0.05) is 0 Å². The summed E-state index contributed by atoms with van der Waals surface area (Å²) in [5.41, 5.74) is 4.77. The molecule has 0 aromatic carbocycles. The maximum absolute atomic E-state index is 11.3. The quantitative estimate of drug-likeness (QED) is 0.590. The zero-order chi connectivity index (χ0) is 12.0. The van der Waals surface area contributed by atoms with Gasteiger partial charge in [-0.3, -0.25) is 0 Å². The van der Waals surface area contributed by atoms with Crippen LogP contribution in [-0.4, -0.2) is 38.3 Å². The van der Waals surface area contributed by atoms with Crippen LogP contribution in [-0.2, 0) is 15.8 Å². The number of aliphatic hydroxyl groups excluding tert-OH is 1. The molecule has 0 amide bonds. The van der Waals surface area contributed by atoms with Crippen LogP contribution in [0.25, 0.3) is 0 Å². The van der Waals surface area contributed by atoms with Gasteiger partial charge in [-0.25, -0.2) is 0 Å². The smallest absolute Gasteiger partial charge is 0.412 e. The first-order valence-corrected chi connectivity index (χ1v) is 5.15. The van der Waals surface area contributed by atoms with Crippen molar-refractivity contribution in [2.24, 2.45) is 0 Å². The molecular formula is C8H14N3O6P. The summed E-state index contributed by atoms with van der Waals surface area (Å²) in [6.45, 7) is -0.259. The van der Waals surface area contributed by atoms with Crippen molar-refractivity contribution in [3.8, 4) is 5.81 Å². The van der Waals surface area contributed by atoms with Crippen molar-refractivity contribution >= 4 is 13.7 Å². The second-order valence-corrected chi connectivity index (χ2v) is 3.26. The van der Waals surface area contributed by atoms with Gasteiger partial charge in [0.2, 0.25) is 0 Å². The minimum Gasteiger partial charge on any atom is -0.412 e. The largest absolute Gasteiger partial charge is 0.412 e. The number of aromatic nitrogens is 2. The Labute approximate surface area is 103 Å². The first kappa shape index (κ1) is 18.9. The van der Waals surface area contributed by atoms with Gasteiger partial charge in [0.15, 0.2) is 0 Å². The van der Waals surface area contributed by atoms with E-state index in [1.807, 2.05) is 5.81 Å². The number of anilines is 1. The van der Waals surface area contributed by atoms with E-state index in [-0.39, 0.29) is 29.9 Å². The zero-order valence-corrected chi connectivity index (χ0v) is 10.1. The topological polar surface area (TPSA) is 170 Å². The summed E-state index contributed by atoms with van der Waals surface area (Å²) in [7, 11) is -0.420. The van der Waals surface area contributed by atoms with Crippen LogP contribution in [0.4, 0.5) is 5.82 Å². The molecule has 0 fully saturated rings. The number of ether oxygens (including phenoxy) is 1. The standard InChI is InChI=1S/C8H10N3O4P.2H2O/c9-7-1-2-11(8(13)10-7)3-6(4-12)15-5-16-14;;/h1-2,6,12H,3-4H2,(H2,9,10,13);2*1H2/t6-;;/m0../s1. The molecule has 1 atom stereocenters. The second kappa shape index (κ2) is 9.55. The minimum absolute atomic E-state index is 0. The molecule has 102 valence electrons. The summed E-state index contributed by atoms with van der Waals surface area (Å²) >= 11 is 0. The first-order valence-electron chi connectivity index (χ1n) is 4.34. The van der Waals surface area contributed by atoms with Gasteiger partial charge in [-0.2, -0.15) is 0 Å². The van der Waals surface area contributed by atoms with Crippen LogP contribution in [0.1, 0.15) is 0 Å². The predicted molar refractivity (Wildman–Crippen MR) is 63.6 cm³/mol. The normalized spacial score (nSPS) is 10.5. The number of aliphatic hydroxyl groups is 1. The summed E-state index contributed by atoms with van der Waals surface area (Å²) in [5.74, 6) is 2.17. The maximum atomic E-state index is 11.3. The monoisotopic (exact) mass is 279 g/mol. The molecule has 0 aliphatic rings. The van der Waals surface area contributed by atoms with Crippen LogP contribution in [0.2, 0.25) is 0 Å². The third kappa shape index (κ3) is 5.74. The van der Waals surface area contributed by atoms with Crippen molar-refractivity contribution in [1.29, 1.82) is 0 Å². The number of nitrogens with two attached hydrogens (primary N) is 1. The van der Waals surface area contributed by atoms with Crippen LogP contribution in [0.5, 0.6) is 0 Å². The van der Waals surface area contributed by atoms with Crippen molar-refractivity contribution in [3.63, 3.8) is 0 Å². The molecule has 0 saturated carbocycles. The van der Waals surface area contributed by atoms with Crippen molar-refractivity contribution in [3.05, 3.63) is 22.7 Å². The molecule has 0 bridgehead atoms. The fourth-order valence-electron chi connectivity index (χ4n) is 1.03. The van der Waals surface area contributed by atoms with E-state index < -0.39 is 19.7 Å². The zero-order valence-electron chi connectivity index (χ0n) is 9.24. The molecule has 0 spiro atoms. The molecule has 1 aromatic rings. The van der Waals surface area contributed by atoms with Crippen molar-refractivity contribution in [2.45, 2.75) is 12.6 Å². The molecule has 1 heterocycles. The fraction of sp³-hybridized carbons (Fsp3) is 0.375. The average molecular weight is 279 g/mol. The van der Waals surface area contributed by atoms with Crippen LogP contribution in [0.15, 0.2) is 17.1 Å². The van der Waals surface area contributed by atoms with E-state index >= 15 is 0 Å². The molecule has 0 saturated heterocycles. The molecule has 1 rings (SSSR count). The van der Waals surface area contributed by atoms with E-state index in [0.717, 1.165) is 0 Å². The fourth-order valence-corrected chi connectivity index (χ4v) is 1.22. The van der Waals surface area contributed by atoms with Gasteiger partial charge in [-0.15, -0.1) is 0 Å². The van der Waals surface area contributed by atoms with Gasteiger partial charge in [0.25, 0.3) is 0 Å². The molecule has 7 N–H and O–H groups in total. The molecule has 10 heteroatoms. The Morgan fingerprint density at radius 1 is 1.61 bits per heavy atom. The third-order valence-corrected chi connectivity index (χ3v) is 1.94. The minimum atomic E-state index is -0.704.